The van der Waals surface area contributed by atoms with E-state index in [0.717, 1.165) is 28.5 Å². The van der Waals surface area contributed by atoms with E-state index in [-0.39, 0.29) is 17.7 Å². The molecule has 5 N–H and O–H groups in total. The summed E-state index contributed by atoms with van der Waals surface area (Å²) in [7, 11) is 0. The van der Waals surface area contributed by atoms with Crippen molar-refractivity contribution in [3.8, 4) is 6.07 Å². The fourth-order valence-electron chi connectivity index (χ4n) is 2.83. The molecule has 7 nitrogen and oxygen atoms in total. The van der Waals surface area contributed by atoms with Crippen LogP contribution in [0.2, 0.25) is 0 Å². The van der Waals surface area contributed by atoms with Gasteiger partial charge in [0.05, 0.1) is 23.4 Å². The zero-order valence-corrected chi connectivity index (χ0v) is 17.0. The number of allylic oxidation sites excluding steroid dienone is 4. The Morgan fingerprint density at radius 2 is 1.93 bits per heavy atom. The number of nitrogens with zero attached hydrogens (tertiary/aromatic N) is 3. The van der Waals surface area contributed by atoms with Crippen molar-refractivity contribution in [2.75, 3.05) is 11.1 Å². The number of amidine groups is 1. The van der Waals surface area contributed by atoms with Crippen molar-refractivity contribution in [3.05, 3.63) is 64.8 Å². The number of hydrogen-bond donors (Lipinski definition) is 3. The smallest absolute Gasteiger partial charge is 0.234 e. The summed E-state index contributed by atoms with van der Waals surface area (Å²) in [4.78, 5) is 12.2. The van der Waals surface area contributed by atoms with Crippen LogP contribution in [0.4, 0.5) is 5.69 Å². The molecule has 1 amide bonds. The van der Waals surface area contributed by atoms with E-state index in [2.05, 4.69) is 22.6 Å². The fraction of sp³-hybridized carbons (Fsp3) is 0.250. The van der Waals surface area contributed by atoms with Crippen LogP contribution in [0.3, 0.4) is 0 Å². The number of amides is 1. The summed E-state index contributed by atoms with van der Waals surface area (Å²) < 4.78 is 0. The summed E-state index contributed by atoms with van der Waals surface area (Å²) in [6.45, 7) is 6.03. The lowest BCUT2D eigenvalue weighted by molar-refractivity contribution is -0.113. The third-order valence-corrected chi connectivity index (χ3v) is 5.04. The Bertz CT molecular complexity index is 892. The molecular formula is C20H24N6OS. The van der Waals surface area contributed by atoms with Crippen LogP contribution in [0.5, 0.6) is 0 Å². The first-order chi connectivity index (χ1) is 13.3. The van der Waals surface area contributed by atoms with Crippen LogP contribution in [0, 0.1) is 11.3 Å². The highest BCUT2D eigenvalue weighted by Gasteiger charge is 2.21. The van der Waals surface area contributed by atoms with Gasteiger partial charge in [0.25, 0.3) is 0 Å². The van der Waals surface area contributed by atoms with Gasteiger partial charge in [-0.1, -0.05) is 41.1 Å². The van der Waals surface area contributed by atoms with E-state index in [0.29, 0.717) is 16.4 Å². The lowest BCUT2D eigenvalue weighted by atomic mass is 10.1. The number of hydrazine groups is 1. The van der Waals surface area contributed by atoms with Crippen LogP contribution in [0.1, 0.15) is 26.3 Å². The van der Waals surface area contributed by atoms with Gasteiger partial charge in [-0.2, -0.15) is 10.4 Å². The second kappa shape index (κ2) is 9.78. The molecule has 0 spiro atoms. The molecule has 1 aromatic carbocycles. The number of carbonyl (C=O) groups is 1. The Morgan fingerprint density at radius 1 is 1.25 bits per heavy atom. The van der Waals surface area contributed by atoms with Crippen molar-refractivity contribution in [1.29, 1.82) is 5.26 Å². The molecule has 146 valence electrons. The summed E-state index contributed by atoms with van der Waals surface area (Å²) in [6.07, 6.45) is 6.17. The third-order valence-electron chi connectivity index (χ3n) is 4.06. The number of carbonyl (C=O) groups excluding carboxylic acids is 1. The second-order valence-corrected chi connectivity index (χ2v) is 7.42. The molecule has 0 fully saturated rings. The van der Waals surface area contributed by atoms with E-state index in [1.807, 2.05) is 32.9 Å². The second-order valence-electron chi connectivity index (χ2n) is 6.48. The van der Waals surface area contributed by atoms with Gasteiger partial charge < -0.3 is 11.2 Å². The maximum absolute atomic E-state index is 12.2. The molecular weight excluding hydrogens is 372 g/mol. The lowest BCUT2D eigenvalue weighted by Crippen LogP contribution is -2.45. The first-order valence-corrected chi connectivity index (χ1v) is 9.62. The first-order valence-electron chi connectivity index (χ1n) is 8.63. The maximum atomic E-state index is 12.2. The molecule has 0 heterocycles. The van der Waals surface area contributed by atoms with Crippen molar-refractivity contribution in [2.24, 2.45) is 16.8 Å². The Balaban J connectivity index is 1.99. The van der Waals surface area contributed by atoms with E-state index < -0.39 is 0 Å². The molecule has 1 aliphatic rings. The minimum Gasteiger partial charge on any atom is -0.325 e. The van der Waals surface area contributed by atoms with Gasteiger partial charge in [-0.25, -0.2) is 5.84 Å². The quantitative estimate of drug-likeness (QED) is 0.311. The molecule has 28 heavy (non-hydrogen) atoms. The average molecular weight is 397 g/mol. The molecule has 1 aromatic rings. The molecule has 1 unspecified atom stereocenters. The van der Waals surface area contributed by atoms with E-state index in [1.54, 1.807) is 24.3 Å². The number of anilines is 1. The van der Waals surface area contributed by atoms with Gasteiger partial charge in [-0.3, -0.25) is 9.80 Å². The number of nitriles is 1. The van der Waals surface area contributed by atoms with Crippen LogP contribution in [0.25, 0.3) is 0 Å². The number of nitrogens with one attached hydrogen (secondary N) is 1. The van der Waals surface area contributed by atoms with Gasteiger partial charge in [0, 0.05) is 5.69 Å². The summed E-state index contributed by atoms with van der Waals surface area (Å²) in [5.41, 5.74) is 4.43. The topological polar surface area (TPSA) is 121 Å². The Hall–Kier alpha value is -3.02. The van der Waals surface area contributed by atoms with Crippen LogP contribution in [0.15, 0.2) is 64.3 Å². The van der Waals surface area contributed by atoms with Crippen molar-refractivity contribution < 1.29 is 4.79 Å². The summed E-state index contributed by atoms with van der Waals surface area (Å²) in [5.74, 6) is 11.7. The molecule has 0 saturated heterocycles. The minimum atomic E-state index is -0.221. The number of hydrazone groups is 1. The average Bonchev–Trinajstić information content (AvgIpc) is 2.79. The van der Waals surface area contributed by atoms with E-state index in [9.17, 15) is 4.79 Å². The van der Waals surface area contributed by atoms with Gasteiger partial charge in [-0.15, -0.1) is 0 Å². The Kier molecular flexibility index (Phi) is 7.44. The highest BCUT2D eigenvalue weighted by Crippen LogP contribution is 2.22. The zero-order chi connectivity index (χ0) is 20.7. The predicted octanol–water partition coefficient (Wildman–Crippen LogP) is 2.86. The number of hydrogen-bond acceptors (Lipinski definition) is 6. The van der Waals surface area contributed by atoms with E-state index in [4.69, 9.17) is 16.9 Å². The third kappa shape index (κ3) is 5.74. The van der Waals surface area contributed by atoms with Gasteiger partial charge in [0.15, 0.2) is 5.17 Å². The highest BCUT2D eigenvalue weighted by atomic mass is 32.2. The van der Waals surface area contributed by atoms with E-state index in [1.165, 1.54) is 5.01 Å². The molecule has 0 bridgehead atoms. The standard InChI is InChI=1S/C20H24N6OS/c1-13-8-14(2)10-18(15(3)9-13)26(23)20(25-22)28-12-19(27)24-17-6-4-16(11-21)5-7-17/h4-10,18H,12,22-23H2,1-3H3,(H,24,27)/b25-20+. The molecule has 2 rings (SSSR count). The highest BCUT2D eigenvalue weighted by molar-refractivity contribution is 8.14. The van der Waals surface area contributed by atoms with Crippen molar-refractivity contribution in [1.82, 2.24) is 5.01 Å². The van der Waals surface area contributed by atoms with Gasteiger partial charge >= 0.3 is 0 Å². The van der Waals surface area contributed by atoms with Crippen LogP contribution >= 0.6 is 11.8 Å². The minimum absolute atomic E-state index is 0.0964. The number of benzene rings is 1. The fourth-order valence-corrected chi connectivity index (χ4v) is 3.50. The SMILES string of the molecule is CC1=CC(C)=CC(N(N)/C(=N\N)SCC(=O)Nc2ccc(C#N)cc2)C(C)=C1. The Morgan fingerprint density at radius 3 is 2.54 bits per heavy atom. The molecule has 0 saturated carbocycles. The first kappa shape index (κ1) is 21.3. The summed E-state index contributed by atoms with van der Waals surface area (Å²) in [5, 5.41) is 17.2. The molecule has 0 aliphatic heterocycles. The van der Waals surface area contributed by atoms with Crippen LogP contribution < -0.4 is 17.0 Å². The summed E-state index contributed by atoms with van der Waals surface area (Å²) >= 11 is 1.16. The molecule has 0 aromatic heterocycles. The van der Waals surface area contributed by atoms with Crippen molar-refractivity contribution >= 4 is 28.5 Å². The zero-order valence-electron chi connectivity index (χ0n) is 16.1. The van der Waals surface area contributed by atoms with Crippen molar-refractivity contribution in [3.63, 3.8) is 0 Å². The lowest BCUT2D eigenvalue weighted by Gasteiger charge is -2.27. The van der Waals surface area contributed by atoms with Gasteiger partial charge in [0.1, 0.15) is 0 Å². The van der Waals surface area contributed by atoms with Gasteiger partial charge in [0.2, 0.25) is 5.91 Å². The largest absolute Gasteiger partial charge is 0.325 e. The number of thioether (sulfide) groups is 1. The van der Waals surface area contributed by atoms with Crippen molar-refractivity contribution in [2.45, 2.75) is 26.8 Å². The van der Waals surface area contributed by atoms with Gasteiger partial charge in [-0.05, 0) is 50.6 Å². The monoisotopic (exact) mass is 396 g/mol. The molecule has 1 aliphatic carbocycles. The summed E-state index contributed by atoms with van der Waals surface area (Å²) in [6, 6.07) is 8.47. The molecule has 1 atom stereocenters. The maximum Gasteiger partial charge on any atom is 0.234 e. The number of rotatable bonds is 4. The Labute approximate surface area is 169 Å². The van der Waals surface area contributed by atoms with Crippen LogP contribution in [-0.4, -0.2) is 27.9 Å². The number of nitrogens with two attached hydrogens (primary N) is 2. The van der Waals surface area contributed by atoms with Crippen LogP contribution in [-0.2, 0) is 4.79 Å². The molecule has 8 heteroatoms. The van der Waals surface area contributed by atoms with E-state index >= 15 is 0 Å². The predicted molar refractivity (Wildman–Crippen MR) is 115 cm³/mol. The molecule has 0 radical (unpaired) electrons. The normalized spacial score (nSPS) is 16.9.